The number of thiazole rings is 1. The molecule has 32 heavy (non-hydrogen) atoms. The number of benzene rings is 1. The van der Waals surface area contributed by atoms with Crippen LogP contribution in [0.2, 0.25) is 0 Å². The summed E-state index contributed by atoms with van der Waals surface area (Å²) in [6.45, 7) is 3.61. The molecular formula is C25H24N2O4S. The van der Waals surface area contributed by atoms with E-state index < -0.39 is 17.7 Å². The summed E-state index contributed by atoms with van der Waals surface area (Å²) in [7, 11) is 0. The molecule has 1 unspecified atom stereocenters. The number of hydrogen-bond acceptors (Lipinski definition) is 6. The minimum absolute atomic E-state index is 0.0206. The molecule has 0 bridgehead atoms. The average molecular weight is 449 g/mol. The van der Waals surface area contributed by atoms with Gasteiger partial charge in [-0.3, -0.25) is 9.59 Å². The number of aryl methyl sites for hydroxylation is 2. The van der Waals surface area contributed by atoms with Gasteiger partial charge in [-0.15, -0.1) is 11.3 Å². The molecule has 2 aliphatic rings. The van der Waals surface area contributed by atoms with Gasteiger partial charge in [-0.05, 0) is 38.8 Å². The third-order valence-corrected chi connectivity index (χ3v) is 7.47. The van der Waals surface area contributed by atoms with Gasteiger partial charge in [-0.2, -0.15) is 0 Å². The molecule has 1 saturated carbocycles. The van der Waals surface area contributed by atoms with Gasteiger partial charge >= 0.3 is 0 Å². The summed E-state index contributed by atoms with van der Waals surface area (Å²) in [5, 5.41) is 11.6. The van der Waals surface area contributed by atoms with Crippen molar-refractivity contribution in [3.05, 3.63) is 75.9 Å². The molecule has 1 N–H and O–H groups in total. The SMILES string of the molecule is Cc1ccc(C2C(C(=O)c3sc(-c4ccccc4)nc3C)=C(O)C(=O)N2C2CCCC2)o1. The van der Waals surface area contributed by atoms with Crippen LogP contribution in [-0.4, -0.2) is 32.7 Å². The Morgan fingerprint density at radius 2 is 1.84 bits per heavy atom. The van der Waals surface area contributed by atoms with Crippen LogP contribution in [0.4, 0.5) is 0 Å². The summed E-state index contributed by atoms with van der Waals surface area (Å²) in [5.74, 6) is -0.148. The van der Waals surface area contributed by atoms with Crippen molar-refractivity contribution in [1.29, 1.82) is 0 Å². The maximum absolute atomic E-state index is 13.8. The van der Waals surface area contributed by atoms with E-state index in [1.165, 1.54) is 11.3 Å². The van der Waals surface area contributed by atoms with Crippen LogP contribution in [0.5, 0.6) is 0 Å². The van der Waals surface area contributed by atoms with Crippen molar-refractivity contribution in [2.75, 3.05) is 0 Å². The van der Waals surface area contributed by atoms with Gasteiger partial charge in [-0.25, -0.2) is 4.98 Å². The molecule has 0 saturated heterocycles. The number of aliphatic hydroxyl groups excluding tert-OH is 1. The summed E-state index contributed by atoms with van der Waals surface area (Å²) in [4.78, 5) is 33.6. The lowest BCUT2D eigenvalue weighted by Crippen LogP contribution is -2.38. The highest BCUT2D eigenvalue weighted by molar-refractivity contribution is 7.17. The molecule has 3 heterocycles. The number of hydrogen-bond donors (Lipinski definition) is 1. The fraction of sp³-hybridized carbons (Fsp3) is 0.320. The summed E-state index contributed by atoms with van der Waals surface area (Å²) in [6, 6.07) is 12.5. The van der Waals surface area contributed by atoms with Crippen molar-refractivity contribution in [3.63, 3.8) is 0 Å². The maximum Gasteiger partial charge on any atom is 0.290 e. The van der Waals surface area contributed by atoms with Crippen molar-refractivity contribution in [3.8, 4) is 10.6 Å². The predicted octanol–water partition coefficient (Wildman–Crippen LogP) is 5.54. The van der Waals surface area contributed by atoms with Gasteiger partial charge in [-0.1, -0.05) is 43.2 Å². The lowest BCUT2D eigenvalue weighted by atomic mass is 9.98. The zero-order chi connectivity index (χ0) is 22.4. The van der Waals surface area contributed by atoms with Crippen LogP contribution < -0.4 is 0 Å². The number of aliphatic hydroxyl groups is 1. The van der Waals surface area contributed by atoms with Crippen LogP contribution in [0, 0.1) is 13.8 Å². The van der Waals surface area contributed by atoms with Gasteiger partial charge in [0.05, 0.1) is 16.1 Å². The lowest BCUT2D eigenvalue weighted by molar-refractivity contribution is -0.132. The molecule has 3 aromatic rings. The second kappa shape index (κ2) is 8.06. The molecule has 1 amide bonds. The first-order chi connectivity index (χ1) is 15.5. The zero-order valence-electron chi connectivity index (χ0n) is 18.0. The van der Waals surface area contributed by atoms with Gasteiger partial charge in [0, 0.05) is 11.6 Å². The van der Waals surface area contributed by atoms with Crippen LogP contribution in [0.3, 0.4) is 0 Å². The predicted molar refractivity (Wildman–Crippen MR) is 122 cm³/mol. The van der Waals surface area contributed by atoms with E-state index in [1.807, 2.05) is 43.3 Å². The van der Waals surface area contributed by atoms with Gasteiger partial charge in [0.2, 0.25) is 5.78 Å². The van der Waals surface area contributed by atoms with Crippen molar-refractivity contribution in [2.45, 2.75) is 51.6 Å². The molecular weight excluding hydrogens is 424 g/mol. The Labute approximate surface area is 190 Å². The van der Waals surface area contributed by atoms with E-state index in [4.69, 9.17) is 4.42 Å². The maximum atomic E-state index is 13.8. The number of aromatic nitrogens is 1. The van der Waals surface area contributed by atoms with E-state index in [2.05, 4.69) is 4.98 Å². The molecule has 1 aliphatic heterocycles. The highest BCUT2D eigenvalue weighted by atomic mass is 32.1. The number of carbonyl (C=O) groups is 2. The summed E-state index contributed by atoms with van der Waals surface area (Å²) in [5.41, 5.74) is 1.59. The standard InChI is InChI=1S/C25H24N2O4S/c1-14-12-13-18(31-14)20-19(22(29)25(30)27(20)17-10-6-7-11-17)21(28)23-15(2)26-24(32-23)16-8-4-3-5-9-16/h3-5,8-9,12-13,17,20,29H,6-7,10-11H2,1-2H3. The molecule has 2 aromatic heterocycles. The minimum Gasteiger partial charge on any atom is -0.503 e. The molecule has 1 atom stereocenters. The van der Waals surface area contributed by atoms with Crippen molar-refractivity contribution in [2.24, 2.45) is 0 Å². The Morgan fingerprint density at radius 1 is 1.12 bits per heavy atom. The first-order valence-electron chi connectivity index (χ1n) is 10.9. The largest absolute Gasteiger partial charge is 0.503 e. The van der Waals surface area contributed by atoms with E-state index in [0.717, 1.165) is 36.3 Å². The minimum atomic E-state index is -0.728. The van der Waals surface area contributed by atoms with Gasteiger partial charge in [0.1, 0.15) is 22.6 Å². The van der Waals surface area contributed by atoms with E-state index in [0.29, 0.717) is 22.1 Å². The number of nitrogens with zero attached hydrogens (tertiary/aromatic N) is 2. The Kier molecular flexibility index (Phi) is 5.21. The Hall–Kier alpha value is -3.19. The van der Waals surface area contributed by atoms with Crippen molar-refractivity contribution >= 4 is 23.0 Å². The number of ketones is 1. The Bertz CT molecular complexity index is 1220. The quantitative estimate of drug-likeness (QED) is 0.518. The second-order valence-electron chi connectivity index (χ2n) is 8.39. The van der Waals surface area contributed by atoms with E-state index >= 15 is 0 Å². The van der Waals surface area contributed by atoms with Crippen LogP contribution in [-0.2, 0) is 4.79 Å². The Morgan fingerprint density at radius 3 is 2.50 bits per heavy atom. The van der Waals surface area contributed by atoms with Crippen LogP contribution in [0.25, 0.3) is 10.6 Å². The number of rotatable bonds is 5. The third-order valence-electron chi connectivity index (χ3n) is 6.26. The molecule has 0 spiro atoms. The summed E-state index contributed by atoms with van der Waals surface area (Å²) in [6.07, 6.45) is 3.76. The molecule has 1 aliphatic carbocycles. The highest BCUT2D eigenvalue weighted by Crippen LogP contribution is 2.44. The molecule has 6 nitrogen and oxygen atoms in total. The first kappa shape index (κ1) is 20.7. The molecule has 164 valence electrons. The first-order valence-corrected chi connectivity index (χ1v) is 11.7. The number of Topliss-reactive ketones (excluding diaryl/α,β-unsaturated/α-hetero) is 1. The van der Waals surface area contributed by atoms with Gasteiger partial charge < -0.3 is 14.4 Å². The van der Waals surface area contributed by atoms with E-state index in [9.17, 15) is 14.7 Å². The molecule has 5 rings (SSSR count). The molecule has 1 aromatic carbocycles. The summed E-state index contributed by atoms with van der Waals surface area (Å²) < 4.78 is 5.87. The average Bonchev–Trinajstić information content (AvgIpc) is 3.57. The Balaban J connectivity index is 1.58. The van der Waals surface area contributed by atoms with Crippen LogP contribution in [0.1, 0.15) is 58.6 Å². The van der Waals surface area contributed by atoms with E-state index in [1.54, 1.807) is 17.9 Å². The molecule has 1 fully saturated rings. The zero-order valence-corrected chi connectivity index (χ0v) is 18.8. The normalized spacial score (nSPS) is 19.4. The molecule has 0 radical (unpaired) electrons. The second-order valence-corrected chi connectivity index (χ2v) is 9.39. The fourth-order valence-electron chi connectivity index (χ4n) is 4.73. The number of furan rings is 1. The number of carbonyl (C=O) groups excluding carboxylic acids is 2. The molecule has 7 heteroatoms. The fourth-order valence-corrected chi connectivity index (χ4v) is 5.75. The van der Waals surface area contributed by atoms with Crippen molar-refractivity contribution < 1.29 is 19.1 Å². The number of amides is 1. The summed E-state index contributed by atoms with van der Waals surface area (Å²) >= 11 is 1.28. The monoisotopic (exact) mass is 448 g/mol. The van der Waals surface area contributed by atoms with Gasteiger partial charge in [0.15, 0.2) is 5.76 Å². The topological polar surface area (TPSA) is 83.6 Å². The third kappa shape index (κ3) is 3.37. The van der Waals surface area contributed by atoms with Gasteiger partial charge in [0.25, 0.3) is 5.91 Å². The smallest absolute Gasteiger partial charge is 0.290 e. The van der Waals surface area contributed by atoms with Crippen LogP contribution in [0.15, 0.2) is 58.2 Å². The highest BCUT2D eigenvalue weighted by Gasteiger charge is 2.49. The van der Waals surface area contributed by atoms with Crippen LogP contribution >= 0.6 is 11.3 Å². The van der Waals surface area contributed by atoms with E-state index in [-0.39, 0.29) is 17.4 Å². The lowest BCUT2D eigenvalue weighted by Gasteiger charge is -2.30. The van der Waals surface area contributed by atoms with Crippen molar-refractivity contribution in [1.82, 2.24) is 9.88 Å².